The van der Waals surface area contributed by atoms with Crippen molar-refractivity contribution in [3.05, 3.63) is 23.8 Å². The molecule has 0 unspecified atom stereocenters. The lowest BCUT2D eigenvalue weighted by Crippen LogP contribution is -1.87. The Labute approximate surface area is 82.8 Å². The second kappa shape index (κ2) is 5.11. The van der Waals surface area contributed by atoms with Crippen LogP contribution in [0, 0.1) is 0 Å². The summed E-state index contributed by atoms with van der Waals surface area (Å²) in [5, 5.41) is 13.1. The van der Waals surface area contributed by atoms with Crippen molar-refractivity contribution in [2.45, 2.75) is 6.92 Å². The van der Waals surface area contributed by atoms with Crippen LogP contribution in [0.3, 0.4) is 0 Å². The molecule has 0 heterocycles. The lowest BCUT2D eigenvalue weighted by Gasteiger charge is -2.02. The predicted octanol–water partition coefficient (Wildman–Crippen LogP) is 1.77. The summed E-state index contributed by atoms with van der Waals surface area (Å²) in [5.41, 5.74) is 0.597. The number of nitrogens with zero attached hydrogens (tertiary/aromatic N) is 1. The normalized spacial score (nSPS) is 10.4. The SMILES string of the molecule is CCON=Cc1ccc(OC)cc1O. The van der Waals surface area contributed by atoms with Crippen LogP contribution < -0.4 is 4.74 Å². The fourth-order valence-corrected chi connectivity index (χ4v) is 0.928. The Balaban J connectivity index is 2.78. The third-order valence-electron chi connectivity index (χ3n) is 1.63. The van der Waals surface area contributed by atoms with Crippen molar-refractivity contribution in [3.8, 4) is 11.5 Å². The average molecular weight is 195 g/mol. The molecule has 0 aliphatic heterocycles. The van der Waals surface area contributed by atoms with Crippen molar-refractivity contribution in [1.82, 2.24) is 0 Å². The smallest absolute Gasteiger partial charge is 0.128 e. The number of hydrogen-bond donors (Lipinski definition) is 1. The standard InChI is InChI=1S/C10H13NO3/c1-3-14-11-7-8-4-5-9(13-2)6-10(8)12/h4-7,12H,3H2,1-2H3. The molecule has 0 aliphatic carbocycles. The molecule has 0 saturated carbocycles. The molecule has 0 atom stereocenters. The van der Waals surface area contributed by atoms with Gasteiger partial charge in [-0.3, -0.25) is 0 Å². The van der Waals surface area contributed by atoms with Crippen molar-refractivity contribution in [3.63, 3.8) is 0 Å². The number of hydrogen-bond acceptors (Lipinski definition) is 4. The molecule has 0 spiro atoms. The number of benzene rings is 1. The lowest BCUT2D eigenvalue weighted by atomic mass is 10.2. The molecular formula is C10H13NO3. The molecule has 76 valence electrons. The Bertz CT molecular complexity index is 323. The molecule has 1 aromatic carbocycles. The molecule has 0 aromatic heterocycles. The van der Waals surface area contributed by atoms with E-state index < -0.39 is 0 Å². The van der Waals surface area contributed by atoms with E-state index in [9.17, 15) is 5.11 Å². The zero-order valence-corrected chi connectivity index (χ0v) is 8.23. The van der Waals surface area contributed by atoms with E-state index in [0.717, 1.165) is 0 Å². The summed E-state index contributed by atoms with van der Waals surface area (Å²) in [7, 11) is 1.54. The summed E-state index contributed by atoms with van der Waals surface area (Å²) < 4.78 is 4.94. The minimum atomic E-state index is 0.118. The van der Waals surface area contributed by atoms with Crippen LogP contribution in [0.5, 0.6) is 11.5 Å². The van der Waals surface area contributed by atoms with Gasteiger partial charge in [-0.15, -0.1) is 0 Å². The monoisotopic (exact) mass is 195 g/mol. The van der Waals surface area contributed by atoms with Crippen LogP contribution in [0.2, 0.25) is 0 Å². The average Bonchev–Trinajstić information content (AvgIpc) is 2.20. The summed E-state index contributed by atoms with van der Waals surface area (Å²) in [6.07, 6.45) is 1.46. The van der Waals surface area contributed by atoms with Crippen LogP contribution in [0.1, 0.15) is 12.5 Å². The highest BCUT2D eigenvalue weighted by atomic mass is 16.6. The highest BCUT2D eigenvalue weighted by Crippen LogP contribution is 2.21. The zero-order valence-electron chi connectivity index (χ0n) is 8.23. The van der Waals surface area contributed by atoms with Gasteiger partial charge >= 0.3 is 0 Å². The van der Waals surface area contributed by atoms with Crippen molar-refractivity contribution < 1.29 is 14.7 Å². The maximum absolute atomic E-state index is 9.49. The first kappa shape index (κ1) is 10.4. The summed E-state index contributed by atoms with van der Waals surface area (Å²) >= 11 is 0. The fraction of sp³-hybridized carbons (Fsp3) is 0.300. The highest BCUT2D eigenvalue weighted by molar-refractivity contribution is 5.83. The minimum absolute atomic E-state index is 0.118. The van der Waals surface area contributed by atoms with E-state index in [-0.39, 0.29) is 5.75 Å². The van der Waals surface area contributed by atoms with Gasteiger partial charge < -0.3 is 14.7 Å². The van der Waals surface area contributed by atoms with Crippen LogP contribution >= 0.6 is 0 Å². The lowest BCUT2D eigenvalue weighted by molar-refractivity contribution is 0.160. The van der Waals surface area contributed by atoms with Gasteiger partial charge in [0.25, 0.3) is 0 Å². The second-order valence-corrected chi connectivity index (χ2v) is 2.58. The molecule has 1 N–H and O–H groups in total. The number of aromatic hydroxyl groups is 1. The maximum Gasteiger partial charge on any atom is 0.128 e. The Morgan fingerprint density at radius 2 is 2.29 bits per heavy atom. The molecule has 0 fully saturated rings. The molecule has 0 aliphatic rings. The molecule has 4 heteroatoms. The van der Waals surface area contributed by atoms with Gasteiger partial charge in [-0.2, -0.15) is 0 Å². The number of rotatable bonds is 4. The third-order valence-corrected chi connectivity index (χ3v) is 1.63. The largest absolute Gasteiger partial charge is 0.507 e. The molecule has 1 rings (SSSR count). The van der Waals surface area contributed by atoms with Crippen LogP contribution in [-0.2, 0) is 4.84 Å². The number of oxime groups is 1. The minimum Gasteiger partial charge on any atom is -0.507 e. The first-order chi connectivity index (χ1) is 6.77. The van der Waals surface area contributed by atoms with Gasteiger partial charge in [-0.05, 0) is 19.1 Å². The van der Waals surface area contributed by atoms with Gasteiger partial charge in [-0.1, -0.05) is 5.16 Å². The van der Waals surface area contributed by atoms with Gasteiger partial charge in [-0.25, -0.2) is 0 Å². The fourth-order valence-electron chi connectivity index (χ4n) is 0.928. The summed E-state index contributed by atoms with van der Waals surface area (Å²) in [4.78, 5) is 4.78. The molecule has 0 radical (unpaired) electrons. The molecular weight excluding hydrogens is 182 g/mol. The molecule has 0 bridgehead atoms. The summed E-state index contributed by atoms with van der Waals surface area (Å²) in [5.74, 6) is 0.726. The highest BCUT2D eigenvalue weighted by Gasteiger charge is 1.99. The zero-order chi connectivity index (χ0) is 10.4. The van der Waals surface area contributed by atoms with Crippen molar-refractivity contribution in [2.75, 3.05) is 13.7 Å². The molecule has 4 nitrogen and oxygen atoms in total. The van der Waals surface area contributed by atoms with Crippen LogP contribution in [0.15, 0.2) is 23.4 Å². The van der Waals surface area contributed by atoms with Crippen LogP contribution in [-0.4, -0.2) is 25.0 Å². The van der Waals surface area contributed by atoms with Crippen molar-refractivity contribution in [1.29, 1.82) is 0 Å². The quantitative estimate of drug-likeness (QED) is 0.588. The first-order valence-electron chi connectivity index (χ1n) is 4.30. The topological polar surface area (TPSA) is 51.0 Å². The van der Waals surface area contributed by atoms with E-state index in [4.69, 9.17) is 9.57 Å². The molecule has 1 aromatic rings. The van der Waals surface area contributed by atoms with E-state index in [0.29, 0.717) is 17.9 Å². The van der Waals surface area contributed by atoms with Gasteiger partial charge in [0.2, 0.25) is 0 Å². The number of phenols is 1. The Morgan fingerprint density at radius 3 is 2.86 bits per heavy atom. The first-order valence-corrected chi connectivity index (χ1v) is 4.30. The molecule has 14 heavy (non-hydrogen) atoms. The second-order valence-electron chi connectivity index (χ2n) is 2.58. The Morgan fingerprint density at radius 1 is 1.50 bits per heavy atom. The Kier molecular flexibility index (Phi) is 3.79. The van der Waals surface area contributed by atoms with E-state index in [2.05, 4.69) is 5.16 Å². The van der Waals surface area contributed by atoms with E-state index in [1.165, 1.54) is 12.3 Å². The van der Waals surface area contributed by atoms with Gasteiger partial charge in [0.05, 0.1) is 13.3 Å². The van der Waals surface area contributed by atoms with Gasteiger partial charge in [0, 0.05) is 11.6 Å². The van der Waals surface area contributed by atoms with E-state index >= 15 is 0 Å². The van der Waals surface area contributed by atoms with Crippen molar-refractivity contribution in [2.24, 2.45) is 5.16 Å². The van der Waals surface area contributed by atoms with Crippen LogP contribution in [0.25, 0.3) is 0 Å². The third kappa shape index (κ3) is 2.65. The van der Waals surface area contributed by atoms with Crippen LogP contribution in [0.4, 0.5) is 0 Å². The number of ether oxygens (including phenoxy) is 1. The predicted molar refractivity (Wildman–Crippen MR) is 53.9 cm³/mol. The summed E-state index contributed by atoms with van der Waals surface area (Å²) in [6, 6.07) is 4.97. The molecule has 0 saturated heterocycles. The van der Waals surface area contributed by atoms with E-state index in [1.807, 2.05) is 6.92 Å². The summed E-state index contributed by atoms with van der Waals surface area (Å²) in [6.45, 7) is 2.35. The van der Waals surface area contributed by atoms with Crippen molar-refractivity contribution >= 4 is 6.21 Å². The maximum atomic E-state index is 9.49. The van der Waals surface area contributed by atoms with E-state index in [1.54, 1.807) is 19.2 Å². The Hall–Kier alpha value is -1.71. The number of phenolic OH excluding ortho intramolecular Hbond substituents is 1. The number of methoxy groups -OCH3 is 1. The van der Waals surface area contributed by atoms with Gasteiger partial charge in [0.15, 0.2) is 0 Å². The van der Waals surface area contributed by atoms with Gasteiger partial charge in [0.1, 0.15) is 18.1 Å². The molecule has 0 amide bonds.